The number of anilines is 1. The Kier molecular flexibility index (Phi) is 6.57. The molecule has 1 aromatic rings. The molecule has 0 spiro atoms. The predicted octanol–water partition coefficient (Wildman–Crippen LogP) is 2.38. The summed E-state index contributed by atoms with van der Waals surface area (Å²) in [6.07, 6.45) is 4.79. The monoisotopic (exact) mass is 267 g/mol. The largest absolute Gasteiger partial charge is 0.384 e. The first-order chi connectivity index (χ1) is 8.67. The van der Waals surface area contributed by atoms with Crippen molar-refractivity contribution in [3.05, 3.63) is 24.0 Å². The highest BCUT2D eigenvalue weighted by molar-refractivity contribution is 7.98. The van der Waals surface area contributed by atoms with Gasteiger partial charge >= 0.3 is 0 Å². The van der Waals surface area contributed by atoms with Gasteiger partial charge in [0.15, 0.2) is 0 Å². The average molecular weight is 267 g/mol. The van der Waals surface area contributed by atoms with Crippen LogP contribution in [0.3, 0.4) is 0 Å². The Hall–Kier alpha value is -1.23. The lowest BCUT2D eigenvalue weighted by atomic mass is 10.3. The lowest BCUT2D eigenvalue weighted by molar-refractivity contribution is 0.0939. The molecule has 0 bridgehead atoms. The van der Waals surface area contributed by atoms with Crippen LogP contribution >= 0.6 is 11.8 Å². The first-order valence-corrected chi connectivity index (χ1v) is 7.56. The molecule has 0 aliphatic rings. The van der Waals surface area contributed by atoms with E-state index < -0.39 is 0 Å². The van der Waals surface area contributed by atoms with Crippen LogP contribution in [-0.2, 0) is 0 Å². The average Bonchev–Trinajstić information content (AvgIpc) is 2.37. The van der Waals surface area contributed by atoms with Crippen molar-refractivity contribution in [1.82, 2.24) is 10.3 Å². The SMILES string of the molecule is CCCNc1ccc(C(=O)NC(C)CSC)nc1. The van der Waals surface area contributed by atoms with Crippen molar-refractivity contribution in [2.24, 2.45) is 0 Å². The van der Waals surface area contributed by atoms with Crippen LogP contribution in [-0.4, -0.2) is 35.5 Å². The molecule has 0 aliphatic heterocycles. The van der Waals surface area contributed by atoms with E-state index in [4.69, 9.17) is 0 Å². The summed E-state index contributed by atoms with van der Waals surface area (Å²) in [5, 5.41) is 6.14. The number of carbonyl (C=O) groups is 1. The van der Waals surface area contributed by atoms with Crippen LogP contribution in [0.25, 0.3) is 0 Å². The van der Waals surface area contributed by atoms with Gasteiger partial charge in [0.1, 0.15) is 5.69 Å². The quantitative estimate of drug-likeness (QED) is 0.796. The zero-order chi connectivity index (χ0) is 13.4. The van der Waals surface area contributed by atoms with E-state index in [1.807, 2.05) is 19.2 Å². The number of pyridine rings is 1. The van der Waals surface area contributed by atoms with Gasteiger partial charge in [-0.1, -0.05) is 6.92 Å². The van der Waals surface area contributed by atoms with Crippen LogP contribution in [0.5, 0.6) is 0 Å². The minimum Gasteiger partial charge on any atom is -0.384 e. The summed E-state index contributed by atoms with van der Waals surface area (Å²) in [5.74, 6) is 0.792. The van der Waals surface area contributed by atoms with Gasteiger partial charge in [-0.15, -0.1) is 0 Å². The molecule has 1 aromatic heterocycles. The van der Waals surface area contributed by atoms with Gasteiger partial charge in [-0.2, -0.15) is 11.8 Å². The maximum absolute atomic E-state index is 11.9. The topological polar surface area (TPSA) is 54.0 Å². The lowest BCUT2D eigenvalue weighted by Gasteiger charge is -2.12. The van der Waals surface area contributed by atoms with E-state index in [0.29, 0.717) is 5.69 Å². The molecule has 18 heavy (non-hydrogen) atoms. The van der Waals surface area contributed by atoms with Crippen molar-refractivity contribution in [2.45, 2.75) is 26.3 Å². The molecule has 0 radical (unpaired) electrons. The normalized spacial score (nSPS) is 11.9. The summed E-state index contributed by atoms with van der Waals surface area (Å²) in [6, 6.07) is 3.79. The van der Waals surface area contributed by atoms with Crippen LogP contribution in [0.15, 0.2) is 18.3 Å². The third-order valence-electron chi connectivity index (χ3n) is 2.37. The Morgan fingerprint density at radius 3 is 2.83 bits per heavy atom. The molecular formula is C13H21N3OS. The lowest BCUT2D eigenvalue weighted by Crippen LogP contribution is -2.34. The summed E-state index contributed by atoms with van der Waals surface area (Å²) < 4.78 is 0. The molecule has 5 heteroatoms. The fourth-order valence-corrected chi connectivity index (χ4v) is 2.07. The molecule has 0 aliphatic carbocycles. The second-order valence-corrected chi connectivity index (χ2v) is 5.10. The third-order valence-corrected chi connectivity index (χ3v) is 3.20. The van der Waals surface area contributed by atoms with Gasteiger partial charge in [-0.3, -0.25) is 4.79 Å². The van der Waals surface area contributed by atoms with Gasteiger partial charge in [0.25, 0.3) is 5.91 Å². The van der Waals surface area contributed by atoms with E-state index in [1.54, 1.807) is 24.0 Å². The van der Waals surface area contributed by atoms with E-state index in [-0.39, 0.29) is 11.9 Å². The first-order valence-electron chi connectivity index (χ1n) is 6.17. The van der Waals surface area contributed by atoms with Gasteiger partial charge in [-0.05, 0) is 31.7 Å². The Labute approximate surface area is 113 Å². The Morgan fingerprint density at radius 1 is 1.50 bits per heavy atom. The Bertz CT molecular complexity index is 367. The summed E-state index contributed by atoms with van der Waals surface area (Å²) in [6.45, 7) is 5.01. The van der Waals surface area contributed by atoms with Gasteiger partial charge in [-0.25, -0.2) is 4.98 Å². The molecule has 0 fully saturated rings. The Morgan fingerprint density at radius 2 is 2.28 bits per heavy atom. The van der Waals surface area contributed by atoms with Crippen molar-refractivity contribution in [2.75, 3.05) is 23.9 Å². The highest BCUT2D eigenvalue weighted by atomic mass is 32.2. The molecule has 1 amide bonds. The third kappa shape index (κ3) is 4.96. The summed E-state index contributed by atoms with van der Waals surface area (Å²) >= 11 is 1.71. The molecule has 1 heterocycles. The maximum Gasteiger partial charge on any atom is 0.270 e. The van der Waals surface area contributed by atoms with Crippen LogP contribution in [0.4, 0.5) is 5.69 Å². The molecule has 1 unspecified atom stereocenters. The number of rotatable bonds is 7. The van der Waals surface area contributed by atoms with E-state index in [2.05, 4.69) is 22.5 Å². The van der Waals surface area contributed by atoms with Crippen LogP contribution in [0, 0.1) is 0 Å². The molecule has 100 valence electrons. The highest BCUT2D eigenvalue weighted by Gasteiger charge is 2.10. The smallest absolute Gasteiger partial charge is 0.270 e. The molecule has 1 rings (SSSR count). The van der Waals surface area contributed by atoms with E-state index >= 15 is 0 Å². The number of amides is 1. The van der Waals surface area contributed by atoms with Gasteiger partial charge in [0.2, 0.25) is 0 Å². The predicted molar refractivity (Wildman–Crippen MR) is 78.3 cm³/mol. The first kappa shape index (κ1) is 14.8. The van der Waals surface area contributed by atoms with Crippen molar-refractivity contribution >= 4 is 23.4 Å². The zero-order valence-electron chi connectivity index (χ0n) is 11.2. The van der Waals surface area contributed by atoms with Crippen molar-refractivity contribution in [1.29, 1.82) is 0 Å². The number of hydrogen-bond donors (Lipinski definition) is 2. The minimum atomic E-state index is -0.112. The molecule has 0 aromatic carbocycles. The van der Waals surface area contributed by atoms with Crippen molar-refractivity contribution in [3.63, 3.8) is 0 Å². The summed E-state index contributed by atoms with van der Waals surface area (Å²) in [7, 11) is 0. The number of thioether (sulfide) groups is 1. The second kappa shape index (κ2) is 7.97. The number of hydrogen-bond acceptors (Lipinski definition) is 4. The fourth-order valence-electron chi connectivity index (χ4n) is 1.49. The van der Waals surface area contributed by atoms with E-state index in [9.17, 15) is 4.79 Å². The van der Waals surface area contributed by atoms with Crippen molar-refractivity contribution < 1.29 is 4.79 Å². The van der Waals surface area contributed by atoms with Crippen LogP contribution in [0.2, 0.25) is 0 Å². The number of carbonyl (C=O) groups excluding carboxylic acids is 1. The fraction of sp³-hybridized carbons (Fsp3) is 0.538. The molecule has 1 atom stereocenters. The minimum absolute atomic E-state index is 0.112. The van der Waals surface area contributed by atoms with E-state index in [0.717, 1.165) is 24.4 Å². The zero-order valence-corrected chi connectivity index (χ0v) is 12.0. The number of aromatic nitrogens is 1. The highest BCUT2D eigenvalue weighted by Crippen LogP contribution is 2.06. The number of nitrogens with one attached hydrogen (secondary N) is 2. The molecule has 0 saturated heterocycles. The van der Waals surface area contributed by atoms with Crippen LogP contribution < -0.4 is 10.6 Å². The Balaban J connectivity index is 2.53. The van der Waals surface area contributed by atoms with E-state index in [1.165, 1.54) is 0 Å². The van der Waals surface area contributed by atoms with Gasteiger partial charge in [0.05, 0.1) is 11.9 Å². The molecule has 2 N–H and O–H groups in total. The standard InChI is InChI=1S/C13H21N3OS/c1-4-7-14-11-5-6-12(15-8-11)13(17)16-10(2)9-18-3/h5-6,8,10,14H,4,7,9H2,1-3H3,(H,16,17). The molecular weight excluding hydrogens is 246 g/mol. The summed E-state index contributed by atoms with van der Waals surface area (Å²) in [5.41, 5.74) is 1.41. The molecule has 0 saturated carbocycles. The number of nitrogens with zero attached hydrogens (tertiary/aromatic N) is 1. The van der Waals surface area contributed by atoms with Gasteiger partial charge in [0, 0.05) is 18.3 Å². The summed E-state index contributed by atoms with van der Waals surface area (Å²) in [4.78, 5) is 16.0. The second-order valence-electron chi connectivity index (χ2n) is 4.19. The molecule has 4 nitrogen and oxygen atoms in total. The van der Waals surface area contributed by atoms with Crippen molar-refractivity contribution in [3.8, 4) is 0 Å². The maximum atomic E-state index is 11.9. The van der Waals surface area contributed by atoms with Crippen LogP contribution in [0.1, 0.15) is 30.8 Å². The van der Waals surface area contributed by atoms with Gasteiger partial charge < -0.3 is 10.6 Å².